The van der Waals surface area contributed by atoms with Crippen molar-refractivity contribution in [2.24, 2.45) is 11.8 Å². The molecular weight excluding hydrogens is 745 g/mol. The largest absolute Gasteiger partial charge is 0.462 e. The molecule has 6 heteroatoms. The van der Waals surface area contributed by atoms with Crippen LogP contribution in [0.4, 0.5) is 0 Å². The van der Waals surface area contributed by atoms with Gasteiger partial charge in [-0.3, -0.25) is 14.4 Å². The van der Waals surface area contributed by atoms with Gasteiger partial charge in [-0.1, -0.05) is 259 Å². The fourth-order valence-corrected chi connectivity index (χ4v) is 8.13. The zero-order chi connectivity index (χ0) is 44.0. The molecule has 2 atom stereocenters. The Morgan fingerprint density at radius 1 is 0.350 bits per heavy atom. The van der Waals surface area contributed by atoms with Gasteiger partial charge in [0, 0.05) is 19.3 Å². The summed E-state index contributed by atoms with van der Waals surface area (Å²) in [4.78, 5) is 38.0. The predicted molar refractivity (Wildman–Crippen MR) is 256 cm³/mol. The van der Waals surface area contributed by atoms with Crippen LogP contribution < -0.4 is 0 Å². The van der Waals surface area contributed by atoms with Crippen molar-refractivity contribution in [2.75, 3.05) is 13.2 Å². The van der Waals surface area contributed by atoms with E-state index < -0.39 is 6.10 Å². The Labute approximate surface area is 374 Å². The maximum Gasteiger partial charge on any atom is 0.306 e. The highest BCUT2D eigenvalue weighted by Crippen LogP contribution is 2.18. The van der Waals surface area contributed by atoms with Crippen LogP contribution in [0.5, 0.6) is 0 Å². The van der Waals surface area contributed by atoms with E-state index in [9.17, 15) is 14.4 Å². The van der Waals surface area contributed by atoms with E-state index in [2.05, 4.69) is 34.6 Å². The minimum Gasteiger partial charge on any atom is -0.462 e. The molecular formula is C54H104O6. The van der Waals surface area contributed by atoms with Crippen LogP contribution in [0.2, 0.25) is 0 Å². The van der Waals surface area contributed by atoms with Crippen molar-refractivity contribution in [3.05, 3.63) is 0 Å². The van der Waals surface area contributed by atoms with E-state index >= 15 is 0 Å². The number of carbonyl (C=O) groups is 3. The smallest absolute Gasteiger partial charge is 0.306 e. The van der Waals surface area contributed by atoms with Crippen LogP contribution in [0.1, 0.15) is 298 Å². The van der Waals surface area contributed by atoms with Crippen molar-refractivity contribution in [3.8, 4) is 0 Å². The van der Waals surface area contributed by atoms with Gasteiger partial charge >= 0.3 is 17.9 Å². The number of hydrogen-bond donors (Lipinski definition) is 0. The predicted octanol–water partition coefficient (Wildman–Crippen LogP) is 17.3. The average molecular weight is 849 g/mol. The second-order valence-electron chi connectivity index (χ2n) is 19.2. The van der Waals surface area contributed by atoms with E-state index in [0.717, 1.165) is 69.6 Å². The van der Waals surface area contributed by atoms with Crippen molar-refractivity contribution in [1.82, 2.24) is 0 Å². The first-order valence-electron chi connectivity index (χ1n) is 26.8. The van der Waals surface area contributed by atoms with Crippen molar-refractivity contribution in [1.29, 1.82) is 0 Å². The normalized spacial score (nSPS) is 12.5. The van der Waals surface area contributed by atoms with Gasteiger partial charge in [-0.15, -0.1) is 0 Å². The second kappa shape index (κ2) is 46.9. The average Bonchev–Trinajstić information content (AvgIpc) is 3.23. The molecule has 0 spiro atoms. The molecule has 356 valence electrons. The van der Waals surface area contributed by atoms with Crippen molar-refractivity contribution >= 4 is 17.9 Å². The SMILES string of the molecule is CCCCCCCCCCCCCCCC(=O)OC[C@@H](COC(=O)CCCCCCCCCCC(C)CC)OC(=O)CCCCCCCCCCCCCCCCC(C)C. The van der Waals surface area contributed by atoms with Crippen molar-refractivity contribution in [3.63, 3.8) is 0 Å². The summed E-state index contributed by atoms with van der Waals surface area (Å²) in [5, 5.41) is 0. The Morgan fingerprint density at radius 2 is 0.633 bits per heavy atom. The summed E-state index contributed by atoms with van der Waals surface area (Å²) in [7, 11) is 0. The molecule has 0 saturated heterocycles. The molecule has 6 nitrogen and oxygen atoms in total. The minimum atomic E-state index is -0.762. The molecule has 0 heterocycles. The van der Waals surface area contributed by atoms with Gasteiger partial charge in [0.2, 0.25) is 0 Å². The van der Waals surface area contributed by atoms with E-state index in [4.69, 9.17) is 14.2 Å². The molecule has 0 aromatic rings. The van der Waals surface area contributed by atoms with E-state index in [1.54, 1.807) is 0 Å². The lowest BCUT2D eigenvalue weighted by Crippen LogP contribution is -2.30. The minimum absolute atomic E-state index is 0.0635. The van der Waals surface area contributed by atoms with E-state index in [-0.39, 0.29) is 31.1 Å². The Bertz CT molecular complexity index is 918. The lowest BCUT2D eigenvalue weighted by Gasteiger charge is -2.18. The van der Waals surface area contributed by atoms with Gasteiger partial charge in [-0.05, 0) is 31.1 Å². The summed E-state index contributed by atoms with van der Waals surface area (Å²) in [5.74, 6) is 0.845. The third kappa shape index (κ3) is 45.9. The monoisotopic (exact) mass is 849 g/mol. The van der Waals surface area contributed by atoms with Gasteiger partial charge in [-0.25, -0.2) is 0 Å². The molecule has 0 aromatic carbocycles. The number of ether oxygens (including phenoxy) is 3. The summed E-state index contributed by atoms with van der Waals surface area (Å²) >= 11 is 0. The molecule has 0 N–H and O–H groups in total. The van der Waals surface area contributed by atoms with Gasteiger partial charge in [0.05, 0.1) is 0 Å². The molecule has 1 unspecified atom stereocenters. The summed E-state index contributed by atoms with van der Waals surface area (Å²) in [6, 6.07) is 0. The van der Waals surface area contributed by atoms with Gasteiger partial charge in [0.15, 0.2) is 6.10 Å². The molecule has 0 saturated carbocycles. The van der Waals surface area contributed by atoms with Crippen molar-refractivity contribution < 1.29 is 28.6 Å². The van der Waals surface area contributed by atoms with E-state index in [0.29, 0.717) is 19.3 Å². The van der Waals surface area contributed by atoms with Crippen LogP contribution in [0, 0.1) is 11.8 Å². The molecule has 0 fully saturated rings. The third-order valence-corrected chi connectivity index (χ3v) is 12.6. The Balaban J connectivity index is 4.31. The Hall–Kier alpha value is -1.59. The van der Waals surface area contributed by atoms with Crippen LogP contribution in [0.25, 0.3) is 0 Å². The van der Waals surface area contributed by atoms with Crippen LogP contribution in [0.3, 0.4) is 0 Å². The zero-order valence-electron chi connectivity index (χ0n) is 41.1. The first kappa shape index (κ1) is 58.4. The van der Waals surface area contributed by atoms with Crippen LogP contribution >= 0.6 is 0 Å². The fraction of sp³-hybridized carbons (Fsp3) is 0.944. The summed E-state index contributed by atoms with van der Waals surface area (Å²) in [6.45, 7) is 11.4. The molecule has 60 heavy (non-hydrogen) atoms. The zero-order valence-corrected chi connectivity index (χ0v) is 41.1. The summed E-state index contributed by atoms with van der Waals surface area (Å²) in [6.07, 6.45) is 47.9. The van der Waals surface area contributed by atoms with Crippen LogP contribution in [-0.2, 0) is 28.6 Å². The molecule has 0 rings (SSSR count). The van der Waals surface area contributed by atoms with Crippen LogP contribution in [0.15, 0.2) is 0 Å². The number of rotatable bonds is 48. The highest BCUT2D eigenvalue weighted by atomic mass is 16.6. The number of hydrogen-bond acceptors (Lipinski definition) is 6. The topological polar surface area (TPSA) is 78.9 Å². The highest BCUT2D eigenvalue weighted by molar-refractivity contribution is 5.71. The van der Waals surface area contributed by atoms with E-state index in [1.807, 2.05) is 0 Å². The molecule has 0 aliphatic carbocycles. The van der Waals surface area contributed by atoms with E-state index in [1.165, 1.54) is 186 Å². The molecule has 0 bridgehead atoms. The van der Waals surface area contributed by atoms with Gasteiger partial charge < -0.3 is 14.2 Å². The first-order valence-corrected chi connectivity index (χ1v) is 26.8. The molecule has 0 aliphatic heterocycles. The molecule has 0 radical (unpaired) electrons. The van der Waals surface area contributed by atoms with Crippen LogP contribution in [-0.4, -0.2) is 37.2 Å². The number of esters is 3. The molecule has 0 aromatic heterocycles. The summed E-state index contributed by atoms with van der Waals surface area (Å²) < 4.78 is 16.8. The standard InChI is InChI=1S/C54H104O6/c1-6-8-9-10-11-12-13-16-20-23-29-34-39-44-52(55)58-47-51(48-59-53(56)45-40-35-30-26-25-28-33-38-43-50(5)7-2)60-54(57)46-41-36-31-24-21-18-15-14-17-19-22-27-32-37-42-49(3)4/h49-51H,6-48H2,1-5H3/t50?,51-/m0/s1. The quantitative estimate of drug-likeness (QED) is 0.0345. The van der Waals surface area contributed by atoms with Gasteiger partial charge in [-0.2, -0.15) is 0 Å². The highest BCUT2D eigenvalue weighted by Gasteiger charge is 2.19. The van der Waals surface area contributed by atoms with Gasteiger partial charge in [0.1, 0.15) is 13.2 Å². The maximum atomic E-state index is 12.8. The fourth-order valence-electron chi connectivity index (χ4n) is 8.13. The molecule has 0 amide bonds. The second-order valence-corrected chi connectivity index (χ2v) is 19.2. The summed E-state index contributed by atoms with van der Waals surface area (Å²) in [5.41, 5.74) is 0. The number of carbonyl (C=O) groups excluding carboxylic acids is 3. The maximum absolute atomic E-state index is 12.8. The molecule has 0 aliphatic rings. The lowest BCUT2D eigenvalue weighted by molar-refractivity contribution is -0.167. The number of unbranched alkanes of at least 4 members (excludes halogenated alkanes) is 32. The lowest BCUT2D eigenvalue weighted by atomic mass is 9.99. The third-order valence-electron chi connectivity index (χ3n) is 12.6. The Morgan fingerprint density at radius 3 is 0.950 bits per heavy atom. The van der Waals surface area contributed by atoms with Gasteiger partial charge in [0.25, 0.3) is 0 Å². The Kier molecular flexibility index (Phi) is 45.7. The first-order chi connectivity index (χ1) is 29.3. The van der Waals surface area contributed by atoms with Crippen molar-refractivity contribution in [2.45, 2.75) is 304 Å².